The zero-order valence-electron chi connectivity index (χ0n) is 17.2. The molecule has 1 aromatic carbocycles. The second-order valence-electron chi connectivity index (χ2n) is 8.14. The van der Waals surface area contributed by atoms with Gasteiger partial charge in [0.25, 0.3) is 5.56 Å². The third-order valence-electron chi connectivity index (χ3n) is 5.13. The van der Waals surface area contributed by atoms with Crippen LogP contribution in [-0.2, 0) is 20.5 Å². The number of carbonyl (C=O) groups is 1. The van der Waals surface area contributed by atoms with Crippen molar-refractivity contribution in [2.45, 2.75) is 58.0 Å². The van der Waals surface area contributed by atoms with Crippen molar-refractivity contribution in [3.05, 3.63) is 67.7 Å². The molecule has 1 N–H and O–H groups in total. The molecule has 1 atom stereocenters. The van der Waals surface area contributed by atoms with Gasteiger partial charge in [0, 0.05) is 0 Å². The number of hydrogen-bond acceptors (Lipinski definition) is 5. The van der Waals surface area contributed by atoms with E-state index in [0.717, 1.165) is 16.3 Å². The first kappa shape index (κ1) is 21.2. The molecular weight excluding hydrogens is 395 g/mol. The van der Waals surface area contributed by atoms with Crippen LogP contribution in [0.4, 0.5) is 4.39 Å². The normalized spacial score (nSPS) is 18.8. The van der Waals surface area contributed by atoms with Crippen molar-refractivity contribution in [1.29, 1.82) is 0 Å². The van der Waals surface area contributed by atoms with E-state index < -0.39 is 38.0 Å². The lowest BCUT2D eigenvalue weighted by Gasteiger charge is -2.34. The van der Waals surface area contributed by atoms with Gasteiger partial charge >= 0.3 is 17.6 Å². The van der Waals surface area contributed by atoms with Crippen molar-refractivity contribution >= 4 is 15.0 Å². The quantitative estimate of drug-likeness (QED) is 0.593. The van der Waals surface area contributed by atoms with Crippen LogP contribution in [0.15, 0.2) is 34.0 Å². The summed E-state index contributed by atoms with van der Waals surface area (Å²) in [6, 6.07) is 6.63. The average molecular weight is 421 g/mol. The zero-order chi connectivity index (χ0) is 21.6. The summed E-state index contributed by atoms with van der Waals surface area (Å²) in [4.78, 5) is 38.8. The van der Waals surface area contributed by atoms with Crippen LogP contribution in [0.5, 0.6) is 0 Å². The summed E-state index contributed by atoms with van der Waals surface area (Å²) >= 11 is 0. The van der Waals surface area contributed by atoms with Crippen molar-refractivity contribution in [1.82, 2.24) is 9.55 Å². The smallest absolute Gasteiger partial charge is 0.342 e. The second kappa shape index (κ2) is 7.38. The fourth-order valence-electron chi connectivity index (χ4n) is 3.36. The number of halogens is 1. The molecule has 0 aliphatic carbocycles. The highest BCUT2D eigenvalue weighted by molar-refractivity contribution is 6.51. The van der Waals surface area contributed by atoms with Crippen LogP contribution >= 0.6 is 0 Å². The van der Waals surface area contributed by atoms with Crippen molar-refractivity contribution in [3.63, 3.8) is 0 Å². The van der Waals surface area contributed by atoms with E-state index in [4.69, 9.17) is 9.16 Å². The molecule has 0 saturated heterocycles. The maximum absolute atomic E-state index is 14.1. The van der Waals surface area contributed by atoms with Crippen LogP contribution in [0.1, 0.15) is 56.1 Å². The van der Waals surface area contributed by atoms with E-state index in [1.165, 1.54) is 0 Å². The third-order valence-corrected chi connectivity index (χ3v) is 7.60. The van der Waals surface area contributed by atoms with Gasteiger partial charge in [-0.05, 0) is 35.2 Å². The van der Waals surface area contributed by atoms with E-state index in [0.29, 0.717) is 17.7 Å². The summed E-state index contributed by atoms with van der Waals surface area (Å²) in [6.07, 6.45) is 0.740. The molecule has 1 aliphatic rings. The lowest BCUT2D eigenvalue weighted by Crippen LogP contribution is -2.50. The van der Waals surface area contributed by atoms with E-state index in [1.54, 1.807) is 12.1 Å². The van der Waals surface area contributed by atoms with Crippen LogP contribution in [0.25, 0.3) is 0 Å². The standard InChI is InChI=1S/C20H25FN2O5Si/c1-6-29(7-2)28-20(23-11-15(21)16(24)22-18(23)26)14-10-12(19(3,4)5)8-9-13(14)17(25)27-20/h8-11,29H,6-7H2,1-5H3,(H,22,24,26). The number of fused-ring (bicyclic) bond motifs is 1. The van der Waals surface area contributed by atoms with E-state index in [-0.39, 0.29) is 11.0 Å². The molecule has 0 radical (unpaired) electrons. The molecule has 0 bridgehead atoms. The lowest BCUT2D eigenvalue weighted by atomic mass is 9.85. The van der Waals surface area contributed by atoms with Gasteiger partial charge in [0.2, 0.25) is 5.82 Å². The Balaban J connectivity index is 2.35. The molecule has 1 unspecified atom stereocenters. The maximum Gasteiger partial charge on any atom is 0.342 e. The number of ether oxygens (including phenoxy) is 1. The van der Waals surface area contributed by atoms with Gasteiger partial charge in [0.1, 0.15) is 0 Å². The van der Waals surface area contributed by atoms with Crippen molar-refractivity contribution in [2.24, 2.45) is 0 Å². The molecule has 9 heteroatoms. The SMILES string of the molecule is CC[SiH](CC)OC1(n2cc(F)c(=O)[nH]c2=O)OC(=O)c2ccc(C(C)(C)C)cc21. The van der Waals surface area contributed by atoms with Gasteiger partial charge in [0.05, 0.1) is 17.3 Å². The molecule has 29 heavy (non-hydrogen) atoms. The van der Waals surface area contributed by atoms with Crippen LogP contribution in [0.2, 0.25) is 12.1 Å². The summed E-state index contributed by atoms with van der Waals surface area (Å²) in [6.45, 7) is 9.93. The van der Waals surface area contributed by atoms with Crippen LogP contribution < -0.4 is 11.2 Å². The molecule has 0 saturated carbocycles. The van der Waals surface area contributed by atoms with E-state index in [2.05, 4.69) is 0 Å². The number of H-pyrrole nitrogens is 1. The first-order valence-electron chi connectivity index (χ1n) is 9.61. The monoisotopic (exact) mass is 420 g/mol. The number of nitrogens with zero attached hydrogens (tertiary/aromatic N) is 1. The largest absolute Gasteiger partial charge is 0.406 e. The zero-order valence-corrected chi connectivity index (χ0v) is 18.3. The molecule has 156 valence electrons. The van der Waals surface area contributed by atoms with Crippen molar-refractivity contribution in [2.75, 3.05) is 0 Å². The number of esters is 1. The molecule has 0 amide bonds. The summed E-state index contributed by atoms with van der Waals surface area (Å²) in [7, 11) is -1.93. The average Bonchev–Trinajstić information content (AvgIpc) is 2.94. The van der Waals surface area contributed by atoms with Crippen LogP contribution in [0.3, 0.4) is 0 Å². The number of aromatic amines is 1. The number of nitrogens with one attached hydrogen (secondary N) is 1. The van der Waals surface area contributed by atoms with Gasteiger partial charge in [-0.1, -0.05) is 40.7 Å². The number of hydrogen-bond donors (Lipinski definition) is 1. The Bertz CT molecular complexity index is 1070. The summed E-state index contributed by atoms with van der Waals surface area (Å²) in [5.41, 5.74) is -0.835. The minimum absolute atomic E-state index is 0.247. The Morgan fingerprint density at radius 3 is 2.45 bits per heavy atom. The first-order valence-corrected chi connectivity index (χ1v) is 11.7. The van der Waals surface area contributed by atoms with Gasteiger partial charge in [-0.15, -0.1) is 0 Å². The van der Waals surface area contributed by atoms with Gasteiger partial charge < -0.3 is 9.16 Å². The molecule has 0 fully saturated rings. The summed E-state index contributed by atoms with van der Waals surface area (Å²) in [5.74, 6) is -3.78. The van der Waals surface area contributed by atoms with Gasteiger partial charge in [0.15, 0.2) is 9.04 Å². The number of rotatable bonds is 5. The maximum atomic E-state index is 14.1. The van der Waals surface area contributed by atoms with E-state index in [9.17, 15) is 18.8 Å². The van der Waals surface area contributed by atoms with Gasteiger partial charge in [-0.25, -0.2) is 14.2 Å². The molecule has 3 rings (SSSR count). The van der Waals surface area contributed by atoms with Crippen LogP contribution in [-0.4, -0.2) is 24.6 Å². The lowest BCUT2D eigenvalue weighted by molar-refractivity contribution is -0.170. The molecule has 0 spiro atoms. The minimum atomic E-state index is -1.95. The van der Waals surface area contributed by atoms with Crippen molar-refractivity contribution < 1.29 is 18.3 Å². The fraction of sp³-hybridized carbons (Fsp3) is 0.450. The molecule has 2 aromatic rings. The van der Waals surface area contributed by atoms with E-state index >= 15 is 0 Å². The molecule has 7 nitrogen and oxygen atoms in total. The Labute approximate surface area is 169 Å². The highest BCUT2D eigenvalue weighted by Gasteiger charge is 2.51. The third kappa shape index (κ3) is 3.60. The van der Waals surface area contributed by atoms with E-state index in [1.807, 2.05) is 45.7 Å². The Morgan fingerprint density at radius 1 is 1.21 bits per heavy atom. The highest BCUT2D eigenvalue weighted by Crippen LogP contribution is 2.41. The van der Waals surface area contributed by atoms with Gasteiger partial charge in [-0.3, -0.25) is 9.78 Å². The minimum Gasteiger partial charge on any atom is -0.406 e. The second-order valence-corrected chi connectivity index (χ2v) is 11.3. The first-order chi connectivity index (χ1) is 13.5. The summed E-state index contributed by atoms with van der Waals surface area (Å²) in [5, 5.41) is 0. The number of aromatic nitrogens is 2. The highest BCUT2D eigenvalue weighted by atomic mass is 28.3. The van der Waals surface area contributed by atoms with Crippen molar-refractivity contribution in [3.8, 4) is 0 Å². The van der Waals surface area contributed by atoms with Gasteiger partial charge in [-0.2, -0.15) is 4.39 Å². The topological polar surface area (TPSA) is 90.4 Å². The Morgan fingerprint density at radius 2 is 1.86 bits per heavy atom. The summed E-state index contributed by atoms with van der Waals surface area (Å²) < 4.78 is 26.9. The molecular formula is C20H25FN2O5Si. The Hall–Kier alpha value is -2.52. The molecule has 1 aliphatic heterocycles. The number of benzene rings is 1. The molecule has 1 aromatic heterocycles. The van der Waals surface area contributed by atoms with Crippen LogP contribution in [0, 0.1) is 5.82 Å². The predicted molar refractivity (Wildman–Crippen MR) is 108 cm³/mol. The number of cyclic esters (lactones) is 1. The fourth-order valence-corrected chi connectivity index (χ4v) is 5.01. The predicted octanol–water partition coefficient (Wildman–Crippen LogP) is 2.58. The molecule has 2 heterocycles. The number of carbonyl (C=O) groups excluding carboxylic acids is 1. The Kier molecular flexibility index (Phi) is 5.39.